The molecule has 7 heteroatoms. The molecule has 4 heterocycles. The van der Waals surface area contributed by atoms with Gasteiger partial charge in [0, 0.05) is 42.8 Å². The van der Waals surface area contributed by atoms with E-state index in [9.17, 15) is 9.18 Å². The number of aromatic nitrogens is 2. The SMILES string of the molecule is O=c1cc(N2C[C@H]3CC[C@@H](C2)N3)c2cnc(Cl)c(F)c2[nH]1. The Kier molecular flexibility index (Phi) is 2.90. The Hall–Kier alpha value is -1.66. The summed E-state index contributed by atoms with van der Waals surface area (Å²) >= 11 is 5.70. The summed E-state index contributed by atoms with van der Waals surface area (Å²) in [5.41, 5.74) is 0.531. The maximum Gasteiger partial charge on any atom is 0.250 e. The van der Waals surface area contributed by atoms with Gasteiger partial charge in [-0.3, -0.25) is 4.79 Å². The van der Waals surface area contributed by atoms with Gasteiger partial charge in [-0.15, -0.1) is 0 Å². The van der Waals surface area contributed by atoms with Gasteiger partial charge >= 0.3 is 0 Å². The number of halogens is 2. The van der Waals surface area contributed by atoms with Crippen LogP contribution in [-0.4, -0.2) is 35.1 Å². The van der Waals surface area contributed by atoms with Crippen molar-refractivity contribution in [3.05, 3.63) is 33.6 Å². The normalized spacial score (nSPS) is 24.8. The molecule has 2 aliphatic rings. The van der Waals surface area contributed by atoms with Crippen molar-refractivity contribution in [3.63, 3.8) is 0 Å². The zero-order valence-electron chi connectivity index (χ0n) is 11.2. The number of hydrogen-bond acceptors (Lipinski definition) is 4. The minimum Gasteiger partial charge on any atom is -0.368 e. The van der Waals surface area contributed by atoms with Crippen LogP contribution in [0.15, 0.2) is 17.1 Å². The first-order valence-electron chi connectivity index (χ1n) is 7.00. The highest BCUT2D eigenvalue weighted by atomic mass is 35.5. The number of H-pyrrole nitrogens is 1. The third kappa shape index (κ3) is 2.10. The van der Waals surface area contributed by atoms with Gasteiger partial charge in [0.2, 0.25) is 0 Å². The van der Waals surface area contributed by atoms with Crippen LogP contribution in [0.25, 0.3) is 10.9 Å². The van der Waals surface area contributed by atoms with Gasteiger partial charge in [0.15, 0.2) is 11.0 Å². The second-order valence-electron chi connectivity index (χ2n) is 5.71. The first-order valence-corrected chi connectivity index (χ1v) is 7.37. The largest absolute Gasteiger partial charge is 0.368 e. The third-order valence-corrected chi connectivity index (χ3v) is 4.59. The summed E-state index contributed by atoms with van der Waals surface area (Å²) in [6.45, 7) is 1.64. The minimum atomic E-state index is -0.675. The van der Waals surface area contributed by atoms with Crippen molar-refractivity contribution in [2.45, 2.75) is 24.9 Å². The van der Waals surface area contributed by atoms with Crippen LogP contribution in [0.2, 0.25) is 5.15 Å². The molecule has 0 aliphatic carbocycles. The number of piperazine rings is 1. The van der Waals surface area contributed by atoms with Gasteiger partial charge in [-0.1, -0.05) is 11.6 Å². The van der Waals surface area contributed by atoms with Gasteiger partial charge in [-0.25, -0.2) is 9.37 Å². The summed E-state index contributed by atoms with van der Waals surface area (Å²) in [6, 6.07) is 2.38. The molecule has 2 saturated heterocycles. The molecule has 2 N–H and O–H groups in total. The van der Waals surface area contributed by atoms with Crippen molar-refractivity contribution in [1.82, 2.24) is 15.3 Å². The zero-order chi connectivity index (χ0) is 14.6. The molecule has 2 bridgehead atoms. The highest BCUT2D eigenvalue weighted by molar-refractivity contribution is 6.30. The van der Waals surface area contributed by atoms with Crippen molar-refractivity contribution in [1.29, 1.82) is 0 Å². The van der Waals surface area contributed by atoms with Crippen LogP contribution in [-0.2, 0) is 0 Å². The van der Waals surface area contributed by atoms with Crippen LogP contribution in [0.3, 0.4) is 0 Å². The van der Waals surface area contributed by atoms with Crippen molar-refractivity contribution < 1.29 is 4.39 Å². The lowest BCUT2D eigenvalue weighted by molar-refractivity contribution is 0.466. The molecule has 2 fully saturated rings. The topological polar surface area (TPSA) is 61.0 Å². The first-order chi connectivity index (χ1) is 10.1. The van der Waals surface area contributed by atoms with Gasteiger partial charge in [0.25, 0.3) is 5.56 Å². The van der Waals surface area contributed by atoms with Crippen LogP contribution in [0.4, 0.5) is 10.1 Å². The fraction of sp³-hybridized carbons (Fsp3) is 0.429. The third-order valence-electron chi connectivity index (χ3n) is 4.33. The smallest absolute Gasteiger partial charge is 0.250 e. The monoisotopic (exact) mass is 308 g/mol. The molecule has 0 amide bonds. The Bertz CT molecular complexity index is 765. The highest BCUT2D eigenvalue weighted by Gasteiger charge is 2.33. The van der Waals surface area contributed by atoms with Crippen molar-refractivity contribution in [3.8, 4) is 0 Å². The van der Waals surface area contributed by atoms with E-state index in [4.69, 9.17) is 11.6 Å². The lowest BCUT2D eigenvalue weighted by Crippen LogP contribution is -2.51. The standard InChI is InChI=1S/C14H14ClFN4O/c15-14-12(16)13-9(4-17-14)10(3-11(21)19-13)20-5-7-1-2-8(6-20)18-7/h3-4,7-8,18H,1-2,5-6H2,(H,19,21)/t7-,8+. The van der Waals surface area contributed by atoms with E-state index in [2.05, 4.69) is 20.2 Å². The number of pyridine rings is 2. The molecule has 5 nitrogen and oxygen atoms in total. The van der Waals surface area contributed by atoms with E-state index in [1.807, 2.05) is 0 Å². The molecule has 0 spiro atoms. The summed E-state index contributed by atoms with van der Waals surface area (Å²) in [5.74, 6) is -0.675. The molecule has 2 aromatic heterocycles. The second kappa shape index (κ2) is 4.68. The average molecular weight is 309 g/mol. The summed E-state index contributed by atoms with van der Waals surface area (Å²) in [7, 11) is 0. The van der Waals surface area contributed by atoms with E-state index in [1.54, 1.807) is 0 Å². The fourth-order valence-electron chi connectivity index (χ4n) is 3.40. The second-order valence-corrected chi connectivity index (χ2v) is 6.07. The first kappa shape index (κ1) is 13.0. The summed E-state index contributed by atoms with van der Waals surface area (Å²) < 4.78 is 14.1. The van der Waals surface area contributed by atoms with Crippen molar-refractivity contribution in [2.24, 2.45) is 0 Å². The summed E-state index contributed by atoms with van der Waals surface area (Å²) in [4.78, 5) is 20.4. The van der Waals surface area contributed by atoms with Gasteiger partial charge in [0.05, 0.1) is 11.2 Å². The van der Waals surface area contributed by atoms with E-state index < -0.39 is 5.82 Å². The zero-order valence-corrected chi connectivity index (χ0v) is 12.0. The molecule has 2 aliphatic heterocycles. The highest BCUT2D eigenvalue weighted by Crippen LogP contribution is 2.31. The quantitative estimate of drug-likeness (QED) is 0.787. The number of aromatic amines is 1. The Morgan fingerprint density at radius 1 is 1.33 bits per heavy atom. The van der Waals surface area contributed by atoms with Crippen molar-refractivity contribution >= 4 is 28.2 Å². The van der Waals surface area contributed by atoms with Crippen LogP contribution < -0.4 is 15.8 Å². The van der Waals surface area contributed by atoms with E-state index in [1.165, 1.54) is 12.3 Å². The Balaban J connectivity index is 1.88. The fourth-order valence-corrected chi connectivity index (χ4v) is 3.54. The number of rotatable bonds is 1. The van der Waals surface area contributed by atoms with Gasteiger partial charge in [-0.2, -0.15) is 0 Å². The summed E-state index contributed by atoms with van der Waals surface area (Å²) in [6.07, 6.45) is 3.80. The molecular formula is C14H14ClFN4O. The molecule has 21 heavy (non-hydrogen) atoms. The average Bonchev–Trinajstić information content (AvgIpc) is 2.81. The molecule has 110 valence electrons. The molecule has 0 radical (unpaired) electrons. The molecule has 0 saturated carbocycles. The molecule has 2 atom stereocenters. The van der Waals surface area contributed by atoms with E-state index in [-0.39, 0.29) is 16.2 Å². The Labute approximate surface area is 125 Å². The predicted octanol–water partition coefficient (Wildman–Crippen LogP) is 1.66. The van der Waals surface area contributed by atoms with E-state index in [0.717, 1.165) is 31.6 Å². The van der Waals surface area contributed by atoms with Crippen LogP contribution >= 0.6 is 11.6 Å². The van der Waals surface area contributed by atoms with Gasteiger partial charge in [0.1, 0.15) is 0 Å². The molecule has 0 unspecified atom stereocenters. The molecular weight excluding hydrogens is 295 g/mol. The minimum absolute atomic E-state index is 0.128. The Morgan fingerprint density at radius 2 is 2.05 bits per heavy atom. The van der Waals surface area contributed by atoms with E-state index >= 15 is 0 Å². The molecule has 4 rings (SSSR count). The maximum atomic E-state index is 14.1. The van der Waals surface area contributed by atoms with Gasteiger partial charge in [-0.05, 0) is 12.8 Å². The molecule has 2 aromatic rings. The summed E-state index contributed by atoms with van der Waals surface area (Å²) in [5, 5.41) is 3.90. The van der Waals surface area contributed by atoms with Crippen molar-refractivity contribution in [2.75, 3.05) is 18.0 Å². The number of nitrogens with one attached hydrogen (secondary N) is 2. The van der Waals surface area contributed by atoms with Crippen LogP contribution in [0, 0.1) is 5.82 Å². The number of anilines is 1. The Morgan fingerprint density at radius 3 is 2.76 bits per heavy atom. The van der Waals surface area contributed by atoms with E-state index in [0.29, 0.717) is 17.5 Å². The number of nitrogens with zero attached hydrogens (tertiary/aromatic N) is 2. The maximum absolute atomic E-state index is 14.1. The lowest BCUT2D eigenvalue weighted by atomic mass is 10.1. The lowest BCUT2D eigenvalue weighted by Gasteiger charge is -2.35. The van der Waals surface area contributed by atoms with Crippen LogP contribution in [0.1, 0.15) is 12.8 Å². The predicted molar refractivity (Wildman–Crippen MR) is 79.5 cm³/mol. The number of hydrogen-bond donors (Lipinski definition) is 2. The number of fused-ring (bicyclic) bond motifs is 3. The molecule has 0 aromatic carbocycles. The van der Waals surface area contributed by atoms with Crippen LogP contribution in [0.5, 0.6) is 0 Å². The van der Waals surface area contributed by atoms with Gasteiger partial charge < -0.3 is 15.2 Å².